The number of aryl methyl sites for hydroxylation is 1. The van der Waals surface area contributed by atoms with Gasteiger partial charge in [0.15, 0.2) is 0 Å². The molecule has 1 aliphatic rings. The molecule has 1 aromatic heterocycles. The van der Waals surface area contributed by atoms with E-state index in [1.807, 2.05) is 26.1 Å². The highest BCUT2D eigenvalue weighted by Gasteiger charge is 2.21. The van der Waals surface area contributed by atoms with Crippen LogP contribution < -0.4 is 15.4 Å². The number of rotatable bonds is 3. The molecule has 21 heavy (non-hydrogen) atoms. The summed E-state index contributed by atoms with van der Waals surface area (Å²) in [6.07, 6.45) is 0.871. The lowest BCUT2D eigenvalue weighted by Gasteiger charge is -2.12. The maximum Gasteiger partial charge on any atom is 0.229 e. The van der Waals surface area contributed by atoms with Gasteiger partial charge in [0, 0.05) is 30.8 Å². The molecule has 3 rings (SSSR count). The predicted molar refractivity (Wildman–Crippen MR) is 87.9 cm³/mol. The Hall–Kier alpha value is -1.53. The Kier molecular flexibility index (Phi) is 3.91. The summed E-state index contributed by atoms with van der Waals surface area (Å²) in [4.78, 5) is 8.75. The molecule has 2 heterocycles. The van der Waals surface area contributed by atoms with E-state index in [1.54, 1.807) is 0 Å². The van der Waals surface area contributed by atoms with Crippen LogP contribution in [0, 0.1) is 6.92 Å². The molecule has 0 radical (unpaired) electrons. The smallest absolute Gasteiger partial charge is 0.229 e. The van der Waals surface area contributed by atoms with Gasteiger partial charge in [-0.2, -0.15) is 4.98 Å². The molecule has 0 aliphatic carbocycles. The SMILES string of the molecule is CNc1cc(C)nc(Nc2cc3c(c(Br)c2Cl)OCC3)n1. The van der Waals surface area contributed by atoms with Gasteiger partial charge in [-0.1, -0.05) is 11.6 Å². The van der Waals surface area contributed by atoms with Crippen LogP contribution in [0.25, 0.3) is 0 Å². The van der Waals surface area contributed by atoms with E-state index >= 15 is 0 Å². The lowest BCUT2D eigenvalue weighted by molar-refractivity contribution is 0.355. The minimum absolute atomic E-state index is 0.506. The van der Waals surface area contributed by atoms with Gasteiger partial charge in [0.05, 0.1) is 21.8 Å². The van der Waals surface area contributed by atoms with Crippen molar-refractivity contribution in [2.24, 2.45) is 0 Å². The Bertz CT molecular complexity index is 708. The lowest BCUT2D eigenvalue weighted by Crippen LogP contribution is -2.03. The van der Waals surface area contributed by atoms with Crippen molar-refractivity contribution in [1.29, 1.82) is 0 Å². The maximum absolute atomic E-state index is 6.38. The average Bonchev–Trinajstić information content (AvgIpc) is 2.92. The number of halogens is 2. The van der Waals surface area contributed by atoms with Gasteiger partial charge in [-0.15, -0.1) is 0 Å². The first-order valence-corrected chi connectivity index (χ1v) is 7.69. The molecule has 0 spiro atoms. The number of anilines is 3. The van der Waals surface area contributed by atoms with Crippen LogP contribution >= 0.6 is 27.5 Å². The summed E-state index contributed by atoms with van der Waals surface area (Å²) in [5, 5.41) is 6.75. The van der Waals surface area contributed by atoms with E-state index in [0.29, 0.717) is 17.6 Å². The number of benzene rings is 1. The second-order valence-electron chi connectivity index (χ2n) is 4.73. The van der Waals surface area contributed by atoms with Gasteiger partial charge >= 0.3 is 0 Å². The highest BCUT2D eigenvalue weighted by atomic mass is 79.9. The zero-order chi connectivity index (χ0) is 15.0. The first kappa shape index (κ1) is 14.4. The summed E-state index contributed by atoms with van der Waals surface area (Å²) >= 11 is 9.87. The van der Waals surface area contributed by atoms with Crippen LogP contribution in [0.1, 0.15) is 11.3 Å². The topological polar surface area (TPSA) is 59.1 Å². The van der Waals surface area contributed by atoms with Crippen LogP contribution in [-0.2, 0) is 6.42 Å². The molecule has 5 nitrogen and oxygen atoms in total. The number of fused-ring (bicyclic) bond motifs is 1. The Morgan fingerprint density at radius 1 is 1.33 bits per heavy atom. The monoisotopic (exact) mass is 368 g/mol. The van der Waals surface area contributed by atoms with E-state index in [0.717, 1.165) is 39.4 Å². The Morgan fingerprint density at radius 3 is 2.90 bits per heavy atom. The molecule has 0 unspecified atom stereocenters. The Morgan fingerprint density at radius 2 is 2.14 bits per heavy atom. The number of hydrogen-bond acceptors (Lipinski definition) is 5. The van der Waals surface area contributed by atoms with Crippen LogP contribution in [-0.4, -0.2) is 23.6 Å². The quantitative estimate of drug-likeness (QED) is 0.858. The van der Waals surface area contributed by atoms with Gasteiger partial charge in [0.1, 0.15) is 11.6 Å². The van der Waals surface area contributed by atoms with Crippen LogP contribution in [0.5, 0.6) is 5.75 Å². The van der Waals surface area contributed by atoms with E-state index in [1.165, 1.54) is 0 Å². The van der Waals surface area contributed by atoms with Gasteiger partial charge in [-0.3, -0.25) is 0 Å². The van der Waals surface area contributed by atoms with Gasteiger partial charge < -0.3 is 15.4 Å². The van der Waals surface area contributed by atoms with Crippen molar-refractivity contribution in [2.45, 2.75) is 13.3 Å². The van der Waals surface area contributed by atoms with Crippen molar-refractivity contribution < 1.29 is 4.74 Å². The molecule has 0 saturated heterocycles. The molecule has 1 aliphatic heterocycles. The fourth-order valence-corrected chi connectivity index (χ4v) is 3.00. The second-order valence-corrected chi connectivity index (χ2v) is 5.90. The van der Waals surface area contributed by atoms with E-state index in [4.69, 9.17) is 16.3 Å². The summed E-state index contributed by atoms with van der Waals surface area (Å²) in [6, 6.07) is 3.86. The van der Waals surface area contributed by atoms with Gasteiger partial charge in [-0.05, 0) is 28.9 Å². The standard InChI is InChI=1S/C14H14BrClN4O/c1-7-5-10(17-2)20-14(18-7)19-9-6-8-3-4-21-13(8)11(15)12(9)16/h5-6H,3-4H2,1-2H3,(H2,17,18,19,20). The molecule has 0 amide bonds. The largest absolute Gasteiger partial charge is 0.492 e. The highest BCUT2D eigenvalue weighted by Crippen LogP contribution is 2.43. The first-order valence-electron chi connectivity index (χ1n) is 6.52. The molecule has 0 fully saturated rings. The van der Waals surface area contributed by atoms with Crippen LogP contribution in [0.4, 0.5) is 17.5 Å². The van der Waals surface area contributed by atoms with Gasteiger partial charge in [0.2, 0.25) is 5.95 Å². The minimum atomic E-state index is 0.506. The molecule has 0 bridgehead atoms. The lowest BCUT2D eigenvalue weighted by atomic mass is 10.1. The number of ether oxygens (including phenoxy) is 1. The number of nitrogens with zero attached hydrogens (tertiary/aromatic N) is 2. The maximum atomic E-state index is 6.38. The number of nitrogens with one attached hydrogen (secondary N) is 2. The molecule has 7 heteroatoms. The van der Waals surface area contributed by atoms with Crippen molar-refractivity contribution in [1.82, 2.24) is 9.97 Å². The number of aromatic nitrogens is 2. The third kappa shape index (κ3) is 2.78. The van der Waals surface area contributed by atoms with Crippen molar-refractivity contribution in [3.63, 3.8) is 0 Å². The molecular weight excluding hydrogens is 356 g/mol. The average molecular weight is 370 g/mol. The van der Waals surface area contributed by atoms with Crippen molar-refractivity contribution in [2.75, 3.05) is 24.3 Å². The summed E-state index contributed by atoms with van der Waals surface area (Å²) in [5.74, 6) is 2.09. The molecule has 2 aromatic rings. The summed E-state index contributed by atoms with van der Waals surface area (Å²) in [6.45, 7) is 2.60. The fraction of sp³-hybridized carbons (Fsp3) is 0.286. The van der Waals surface area contributed by atoms with Crippen LogP contribution in [0.3, 0.4) is 0 Å². The second kappa shape index (κ2) is 5.69. The van der Waals surface area contributed by atoms with Crippen molar-refractivity contribution in [3.05, 3.63) is 32.9 Å². The Labute approximate surface area is 136 Å². The van der Waals surface area contributed by atoms with Gasteiger partial charge in [0.25, 0.3) is 0 Å². The minimum Gasteiger partial charge on any atom is -0.492 e. The molecular formula is C14H14BrClN4O. The summed E-state index contributed by atoms with van der Waals surface area (Å²) in [5.41, 5.74) is 2.76. The number of hydrogen-bond donors (Lipinski definition) is 2. The van der Waals surface area contributed by atoms with Gasteiger partial charge in [-0.25, -0.2) is 4.98 Å². The molecule has 0 atom stereocenters. The Balaban J connectivity index is 1.99. The fourth-order valence-electron chi connectivity index (χ4n) is 2.23. The molecule has 2 N–H and O–H groups in total. The van der Waals surface area contributed by atoms with E-state index in [2.05, 4.69) is 36.5 Å². The first-order chi connectivity index (χ1) is 10.1. The van der Waals surface area contributed by atoms with Crippen molar-refractivity contribution >= 4 is 45.0 Å². The van der Waals surface area contributed by atoms with E-state index < -0.39 is 0 Å². The van der Waals surface area contributed by atoms with E-state index in [9.17, 15) is 0 Å². The predicted octanol–water partition coefficient (Wildman–Crippen LogP) is 3.92. The summed E-state index contributed by atoms with van der Waals surface area (Å²) in [7, 11) is 1.82. The molecule has 0 saturated carbocycles. The molecule has 110 valence electrons. The zero-order valence-electron chi connectivity index (χ0n) is 11.6. The third-order valence-electron chi connectivity index (χ3n) is 3.21. The molecule has 1 aromatic carbocycles. The normalized spacial score (nSPS) is 12.8. The highest BCUT2D eigenvalue weighted by molar-refractivity contribution is 9.10. The summed E-state index contributed by atoms with van der Waals surface area (Å²) < 4.78 is 6.34. The van der Waals surface area contributed by atoms with Crippen LogP contribution in [0.2, 0.25) is 5.02 Å². The van der Waals surface area contributed by atoms with E-state index in [-0.39, 0.29) is 0 Å². The zero-order valence-corrected chi connectivity index (χ0v) is 14.0. The van der Waals surface area contributed by atoms with Crippen LogP contribution in [0.15, 0.2) is 16.6 Å². The third-order valence-corrected chi connectivity index (χ3v) is 4.59. The van der Waals surface area contributed by atoms with Crippen molar-refractivity contribution in [3.8, 4) is 5.75 Å².